The van der Waals surface area contributed by atoms with E-state index in [1.54, 1.807) is 12.1 Å². The van der Waals surface area contributed by atoms with Crippen molar-refractivity contribution in [2.24, 2.45) is 0 Å². The summed E-state index contributed by atoms with van der Waals surface area (Å²) in [6.07, 6.45) is 0. The van der Waals surface area contributed by atoms with Crippen LogP contribution in [0.3, 0.4) is 0 Å². The van der Waals surface area contributed by atoms with E-state index in [1.807, 2.05) is 6.07 Å². The van der Waals surface area contributed by atoms with Crippen LogP contribution in [-0.4, -0.2) is 31.3 Å². The van der Waals surface area contributed by atoms with Crippen molar-refractivity contribution >= 4 is 16.7 Å². The molecule has 0 bridgehead atoms. The van der Waals surface area contributed by atoms with E-state index in [0.29, 0.717) is 5.58 Å². The van der Waals surface area contributed by atoms with E-state index in [-0.39, 0.29) is 11.4 Å². The number of phenols is 1. The first-order chi connectivity index (χ1) is 12.6. The molecule has 0 radical (unpaired) electrons. The molecular formula is C21H23N2O3+. The molecule has 0 saturated carbocycles. The van der Waals surface area contributed by atoms with Crippen molar-refractivity contribution in [1.82, 2.24) is 0 Å². The Morgan fingerprint density at radius 1 is 1.12 bits per heavy atom. The molecule has 1 aliphatic rings. The summed E-state index contributed by atoms with van der Waals surface area (Å²) in [7, 11) is 0. The van der Waals surface area contributed by atoms with Gasteiger partial charge in [0.15, 0.2) is 0 Å². The molecule has 1 fully saturated rings. The Bertz CT molecular complexity index is 988. The van der Waals surface area contributed by atoms with Crippen LogP contribution in [-0.2, 0) is 6.54 Å². The number of aryl methyl sites for hydroxylation is 1. The monoisotopic (exact) mass is 351 g/mol. The number of aromatic hydroxyl groups is 1. The Hall–Kier alpha value is -2.79. The largest absolute Gasteiger partial charge is 0.508 e. The van der Waals surface area contributed by atoms with Crippen molar-refractivity contribution in [3.63, 3.8) is 0 Å². The summed E-state index contributed by atoms with van der Waals surface area (Å²) in [6, 6.07) is 15.0. The van der Waals surface area contributed by atoms with Gasteiger partial charge >= 0.3 is 5.63 Å². The molecule has 134 valence electrons. The van der Waals surface area contributed by atoms with E-state index in [4.69, 9.17) is 4.42 Å². The molecule has 0 aliphatic carbocycles. The van der Waals surface area contributed by atoms with Gasteiger partial charge in [0, 0.05) is 28.8 Å². The minimum atomic E-state index is -0.365. The average molecular weight is 351 g/mol. The van der Waals surface area contributed by atoms with Gasteiger partial charge in [-0.3, -0.25) is 0 Å². The molecule has 4 rings (SSSR count). The SMILES string of the molecule is Cc1ccccc1N1CC[NH+](Cc2cc(=O)oc3cc(O)ccc23)CC1. The fourth-order valence-electron chi connectivity index (χ4n) is 3.79. The van der Waals surface area contributed by atoms with E-state index < -0.39 is 0 Å². The summed E-state index contributed by atoms with van der Waals surface area (Å²) in [5.74, 6) is 0.108. The third-order valence-electron chi connectivity index (χ3n) is 5.18. The van der Waals surface area contributed by atoms with Crippen LogP contribution in [0.2, 0.25) is 0 Å². The van der Waals surface area contributed by atoms with Gasteiger partial charge in [-0.1, -0.05) is 18.2 Å². The third-order valence-corrected chi connectivity index (χ3v) is 5.18. The molecule has 5 heteroatoms. The molecule has 0 amide bonds. The Balaban J connectivity index is 1.51. The molecule has 2 aromatic carbocycles. The quantitative estimate of drug-likeness (QED) is 0.706. The summed E-state index contributed by atoms with van der Waals surface area (Å²) >= 11 is 0. The fraction of sp³-hybridized carbons (Fsp3) is 0.286. The zero-order valence-corrected chi connectivity index (χ0v) is 14.9. The molecular weight excluding hydrogens is 328 g/mol. The van der Waals surface area contributed by atoms with Crippen LogP contribution < -0.4 is 15.4 Å². The molecule has 26 heavy (non-hydrogen) atoms. The van der Waals surface area contributed by atoms with Crippen molar-refractivity contribution in [3.05, 3.63) is 70.1 Å². The van der Waals surface area contributed by atoms with Crippen LogP contribution in [0, 0.1) is 6.92 Å². The number of anilines is 1. The number of nitrogens with one attached hydrogen (secondary N) is 1. The molecule has 1 aliphatic heterocycles. The molecule has 2 heterocycles. The van der Waals surface area contributed by atoms with Gasteiger partial charge in [0.25, 0.3) is 0 Å². The maximum absolute atomic E-state index is 11.9. The first-order valence-electron chi connectivity index (χ1n) is 9.00. The van der Waals surface area contributed by atoms with Gasteiger partial charge in [-0.2, -0.15) is 0 Å². The number of quaternary nitrogens is 1. The molecule has 3 aromatic rings. The average Bonchev–Trinajstić information content (AvgIpc) is 2.62. The second-order valence-corrected chi connectivity index (χ2v) is 6.97. The highest BCUT2D eigenvalue weighted by atomic mass is 16.4. The number of piperazine rings is 1. The van der Waals surface area contributed by atoms with Crippen LogP contribution in [0.15, 0.2) is 57.7 Å². The smallest absolute Gasteiger partial charge is 0.336 e. The third kappa shape index (κ3) is 3.30. The van der Waals surface area contributed by atoms with E-state index in [2.05, 4.69) is 36.1 Å². The van der Waals surface area contributed by atoms with Crippen LogP contribution >= 0.6 is 0 Å². The second kappa shape index (κ2) is 6.84. The van der Waals surface area contributed by atoms with Crippen molar-refractivity contribution in [2.45, 2.75) is 13.5 Å². The minimum Gasteiger partial charge on any atom is -0.508 e. The Kier molecular flexibility index (Phi) is 4.39. The number of phenolic OH excluding ortho intramolecular Hbond substituents is 1. The lowest BCUT2D eigenvalue weighted by molar-refractivity contribution is -0.914. The summed E-state index contributed by atoms with van der Waals surface area (Å²) in [6.45, 7) is 6.98. The van der Waals surface area contributed by atoms with E-state index >= 15 is 0 Å². The van der Waals surface area contributed by atoms with Crippen molar-refractivity contribution in [2.75, 3.05) is 31.1 Å². The normalized spacial score (nSPS) is 15.5. The molecule has 0 atom stereocenters. The van der Waals surface area contributed by atoms with E-state index in [0.717, 1.165) is 43.7 Å². The van der Waals surface area contributed by atoms with Crippen LogP contribution in [0.1, 0.15) is 11.1 Å². The van der Waals surface area contributed by atoms with Gasteiger partial charge in [0.2, 0.25) is 0 Å². The number of para-hydroxylation sites is 1. The zero-order chi connectivity index (χ0) is 18.1. The van der Waals surface area contributed by atoms with Crippen molar-refractivity contribution in [3.8, 4) is 5.75 Å². The highest BCUT2D eigenvalue weighted by molar-refractivity contribution is 5.81. The summed E-state index contributed by atoms with van der Waals surface area (Å²) in [4.78, 5) is 15.8. The first-order valence-corrected chi connectivity index (χ1v) is 9.00. The number of nitrogens with zero attached hydrogens (tertiary/aromatic N) is 1. The predicted molar refractivity (Wildman–Crippen MR) is 102 cm³/mol. The number of hydrogen-bond donors (Lipinski definition) is 2. The minimum absolute atomic E-state index is 0.108. The summed E-state index contributed by atoms with van der Waals surface area (Å²) < 4.78 is 5.23. The van der Waals surface area contributed by atoms with Crippen LogP contribution in [0.4, 0.5) is 5.69 Å². The van der Waals surface area contributed by atoms with Gasteiger partial charge in [0.1, 0.15) is 17.9 Å². The number of fused-ring (bicyclic) bond motifs is 1. The maximum Gasteiger partial charge on any atom is 0.336 e. The van der Waals surface area contributed by atoms with Gasteiger partial charge in [-0.05, 0) is 30.7 Å². The fourth-order valence-corrected chi connectivity index (χ4v) is 3.79. The lowest BCUT2D eigenvalue weighted by atomic mass is 10.1. The molecule has 1 aromatic heterocycles. The van der Waals surface area contributed by atoms with Gasteiger partial charge < -0.3 is 19.3 Å². The number of rotatable bonds is 3. The number of benzene rings is 2. The highest BCUT2D eigenvalue weighted by Crippen LogP contribution is 2.22. The molecule has 5 nitrogen and oxygen atoms in total. The van der Waals surface area contributed by atoms with Crippen molar-refractivity contribution < 1.29 is 14.4 Å². The Labute approximate surface area is 152 Å². The second-order valence-electron chi connectivity index (χ2n) is 6.97. The van der Waals surface area contributed by atoms with Gasteiger partial charge in [-0.15, -0.1) is 0 Å². The summed E-state index contributed by atoms with van der Waals surface area (Å²) in [5, 5.41) is 10.5. The van der Waals surface area contributed by atoms with Gasteiger partial charge in [0.05, 0.1) is 26.2 Å². The standard InChI is InChI=1S/C21H22N2O3/c1-15-4-2-3-5-19(15)23-10-8-22(9-11-23)14-16-12-21(25)26-20-13-17(24)6-7-18(16)20/h2-7,12-13,24H,8-11,14H2,1H3/p+1. The molecule has 0 unspecified atom stereocenters. The van der Waals surface area contributed by atoms with Crippen LogP contribution in [0.25, 0.3) is 11.0 Å². The number of hydrogen-bond acceptors (Lipinski definition) is 4. The van der Waals surface area contributed by atoms with E-state index in [1.165, 1.54) is 22.2 Å². The maximum atomic E-state index is 11.9. The predicted octanol–water partition coefficient (Wildman–Crippen LogP) is 1.71. The lowest BCUT2D eigenvalue weighted by Gasteiger charge is -2.34. The summed E-state index contributed by atoms with van der Waals surface area (Å²) in [5.41, 5.74) is 3.69. The molecule has 0 spiro atoms. The highest BCUT2D eigenvalue weighted by Gasteiger charge is 2.22. The zero-order valence-electron chi connectivity index (χ0n) is 14.9. The molecule has 2 N–H and O–H groups in total. The van der Waals surface area contributed by atoms with Gasteiger partial charge in [-0.25, -0.2) is 4.79 Å². The van der Waals surface area contributed by atoms with Crippen LogP contribution in [0.5, 0.6) is 5.75 Å². The topological polar surface area (TPSA) is 58.1 Å². The Morgan fingerprint density at radius 2 is 1.88 bits per heavy atom. The van der Waals surface area contributed by atoms with Crippen molar-refractivity contribution in [1.29, 1.82) is 0 Å². The lowest BCUT2D eigenvalue weighted by Crippen LogP contribution is -3.13. The molecule has 1 saturated heterocycles. The van der Waals surface area contributed by atoms with E-state index in [9.17, 15) is 9.90 Å². The Morgan fingerprint density at radius 3 is 2.65 bits per heavy atom. The first kappa shape index (κ1) is 16.7.